The Hall–Kier alpha value is -2.10. The fourth-order valence-corrected chi connectivity index (χ4v) is 0.525. The second-order valence-electron chi connectivity index (χ2n) is 1.96. The zero-order valence-electron chi connectivity index (χ0n) is 10.3. The average molecular weight is 201 g/mol. The second-order valence-corrected chi connectivity index (χ2v) is 1.96. The van der Waals surface area contributed by atoms with Gasteiger partial charge in [0.2, 0.25) is 5.71 Å². The first kappa shape index (κ1) is 7.32. The van der Waals surface area contributed by atoms with Crippen molar-refractivity contribution in [2.45, 2.75) is 6.92 Å². The number of nitrogens with zero attached hydrogens (tertiary/aromatic N) is 2. The summed E-state index contributed by atoms with van der Waals surface area (Å²) in [6, 6.07) is 0.480. The summed E-state index contributed by atoms with van der Waals surface area (Å²) in [6.45, 7) is 1.91. The Labute approximate surface area is 84.9 Å². The minimum absolute atomic E-state index is 0.282. The van der Waals surface area contributed by atoms with E-state index in [0.29, 0.717) is 0 Å². The van der Waals surface area contributed by atoms with Crippen molar-refractivity contribution in [1.82, 2.24) is 10.6 Å². The molecule has 0 saturated heterocycles. The van der Waals surface area contributed by atoms with E-state index in [9.17, 15) is 9.59 Å². The summed E-state index contributed by atoms with van der Waals surface area (Å²) in [6.07, 6.45) is 0. The molecule has 76 valence electrons. The van der Waals surface area contributed by atoms with Gasteiger partial charge in [-0.3, -0.25) is 10.1 Å². The fourth-order valence-electron chi connectivity index (χ4n) is 0.525. The van der Waals surface area contributed by atoms with E-state index < -0.39 is 24.7 Å². The molecule has 0 heterocycles. The first-order valence-corrected chi connectivity index (χ1v) is 3.55. The molecule has 0 aromatic carbocycles. The monoisotopic (exact) mass is 201 g/mol. The zero-order valence-corrected chi connectivity index (χ0v) is 7.33. The quantitative estimate of drug-likeness (QED) is 0.468. The SMILES string of the molecule is [2H]C([2H])([2H])O/N=C(\C#N)C(=O)NC(=O)NCC. The van der Waals surface area contributed by atoms with Crippen molar-refractivity contribution < 1.29 is 18.5 Å². The summed E-state index contributed by atoms with van der Waals surface area (Å²) in [7, 11) is -2.87. The number of imide groups is 1. The van der Waals surface area contributed by atoms with Crippen molar-refractivity contribution in [2.75, 3.05) is 13.6 Å². The molecule has 0 aromatic heterocycles. The Kier molecular flexibility index (Phi) is 3.36. The summed E-state index contributed by atoms with van der Waals surface area (Å²) < 4.78 is 19.9. The third-order valence-electron chi connectivity index (χ3n) is 1.02. The third kappa shape index (κ3) is 4.06. The normalized spacial score (nSPS) is 14.0. The van der Waals surface area contributed by atoms with Crippen LogP contribution in [0.25, 0.3) is 0 Å². The lowest BCUT2D eigenvalue weighted by Gasteiger charge is -2.01. The van der Waals surface area contributed by atoms with E-state index in [2.05, 4.69) is 15.3 Å². The molecule has 0 aromatic rings. The molecule has 0 aliphatic heterocycles. The standard InChI is InChI=1S/C7H10N4O3/c1-3-9-7(13)10-6(12)5(4-8)11-14-2/h3H2,1-2H3,(H2,9,10,12,13)/b11-5+/i2D3. The number of amides is 3. The van der Waals surface area contributed by atoms with Crippen LogP contribution in [0.4, 0.5) is 4.79 Å². The molecule has 7 nitrogen and oxygen atoms in total. The van der Waals surface area contributed by atoms with Crippen molar-refractivity contribution in [3.05, 3.63) is 0 Å². The zero-order chi connectivity index (χ0) is 13.5. The summed E-state index contributed by atoms with van der Waals surface area (Å²) in [5.41, 5.74) is -0.868. The minimum atomic E-state index is -2.87. The highest BCUT2D eigenvalue weighted by molar-refractivity contribution is 6.46. The largest absolute Gasteiger partial charge is 0.398 e. The first-order chi connectivity index (χ1) is 7.80. The average Bonchev–Trinajstić information content (AvgIpc) is 2.16. The lowest BCUT2D eigenvalue weighted by molar-refractivity contribution is -0.113. The lowest BCUT2D eigenvalue weighted by atomic mass is 10.4. The van der Waals surface area contributed by atoms with Gasteiger partial charge in [-0.25, -0.2) is 4.79 Å². The van der Waals surface area contributed by atoms with Crippen molar-refractivity contribution in [3.8, 4) is 6.07 Å². The van der Waals surface area contributed by atoms with Crippen molar-refractivity contribution >= 4 is 17.6 Å². The van der Waals surface area contributed by atoms with E-state index in [1.165, 1.54) is 6.07 Å². The van der Waals surface area contributed by atoms with Gasteiger partial charge in [0.05, 0.1) is 4.11 Å². The highest BCUT2D eigenvalue weighted by atomic mass is 16.6. The molecule has 0 fully saturated rings. The van der Waals surface area contributed by atoms with Gasteiger partial charge < -0.3 is 10.2 Å². The number of hydrogen-bond donors (Lipinski definition) is 2. The molecule has 0 saturated carbocycles. The van der Waals surface area contributed by atoms with Crippen LogP contribution in [0.1, 0.15) is 11.0 Å². The van der Waals surface area contributed by atoms with Gasteiger partial charge in [0.15, 0.2) is 0 Å². The maximum atomic E-state index is 11.2. The molecule has 2 N–H and O–H groups in total. The summed E-state index contributed by atoms with van der Waals surface area (Å²) in [5.74, 6) is -1.15. The molecule has 3 amide bonds. The van der Waals surface area contributed by atoms with Crippen LogP contribution in [0.15, 0.2) is 5.16 Å². The molecule has 0 radical (unpaired) electrons. The van der Waals surface area contributed by atoms with E-state index in [1.54, 1.807) is 12.2 Å². The maximum Gasteiger partial charge on any atom is 0.321 e. The Morgan fingerprint density at radius 3 is 2.93 bits per heavy atom. The predicted octanol–water partition coefficient (Wildman–Crippen LogP) is -0.642. The van der Waals surface area contributed by atoms with Crippen LogP contribution in [-0.4, -0.2) is 31.2 Å². The predicted molar refractivity (Wildman–Crippen MR) is 47.3 cm³/mol. The molecule has 7 heteroatoms. The topological polar surface area (TPSA) is 104 Å². The Morgan fingerprint density at radius 1 is 1.71 bits per heavy atom. The van der Waals surface area contributed by atoms with Gasteiger partial charge in [-0.05, 0) is 6.92 Å². The van der Waals surface area contributed by atoms with E-state index >= 15 is 0 Å². The molecule has 0 aliphatic rings. The Bertz CT molecular complexity index is 372. The van der Waals surface area contributed by atoms with E-state index in [-0.39, 0.29) is 6.54 Å². The van der Waals surface area contributed by atoms with Gasteiger partial charge in [0.1, 0.15) is 13.1 Å². The maximum absolute atomic E-state index is 11.2. The van der Waals surface area contributed by atoms with Crippen LogP contribution in [0, 0.1) is 11.3 Å². The Balaban J connectivity index is 4.53. The van der Waals surface area contributed by atoms with Crippen LogP contribution in [0.3, 0.4) is 0 Å². The number of rotatable bonds is 3. The van der Waals surface area contributed by atoms with E-state index in [4.69, 9.17) is 9.37 Å². The second kappa shape index (κ2) is 6.42. The highest BCUT2D eigenvalue weighted by Gasteiger charge is 2.14. The van der Waals surface area contributed by atoms with Crippen LogP contribution < -0.4 is 10.6 Å². The number of urea groups is 1. The fraction of sp³-hybridized carbons (Fsp3) is 0.429. The van der Waals surface area contributed by atoms with Crippen molar-refractivity contribution in [1.29, 1.82) is 5.26 Å². The lowest BCUT2D eigenvalue weighted by Crippen LogP contribution is -2.42. The van der Waals surface area contributed by atoms with Gasteiger partial charge in [-0.2, -0.15) is 5.26 Å². The molecule has 0 aliphatic carbocycles. The van der Waals surface area contributed by atoms with E-state index in [0.717, 1.165) is 0 Å². The molecular weight excluding hydrogens is 188 g/mol. The van der Waals surface area contributed by atoms with Crippen molar-refractivity contribution in [2.24, 2.45) is 5.16 Å². The number of carbonyl (C=O) groups is 2. The molecule has 0 bridgehead atoms. The van der Waals surface area contributed by atoms with Crippen LogP contribution >= 0.6 is 0 Å². The smallest absolute Gasteiger partial charge is 0.321 e. The summed E-state index contributed by atoms with van der Waals surface area (Å²) in [5, 5.41) is 15.3. The number of carbonyl (C=O) groups excluding carboxylic acids is 2. The number of nitrogens with one attached hydrogen (secondary N) is 2. The molecule has 0 unspecified atom stereocenters. The highest BCUT2D eigenvalue weighted by Crippen LogP contribution is 1.79. The number of oxime groups is 1. The van der Waals surface area contributed by atoms with Gasteiger partial charge in [-0.15, -0.1) is 0 Å². The minimum Gasteiger partial charge on any atom is -0.398 e. The third-order valence-corrected chi connectivity index (χ3v) is 1.02. The molecule has 14 heavy (non-hydrogen) atoms. The van der Waals surface area contributed by atoms with Crippen LogP contribution in [0.2, 0.25) is 0 Å². The number of nitriles is 1. The molecular formula is C7H10N4O3. The van der Waals surface area contributed by atoms with Gasteiger partial charge in [-0.1, -0.05) is 5.16 Å². The molecule has 0 atom stereocenters. The van der Waals surface area contributed by atoms with Crippen LogP contribution in [0.5, 0.6) is 0 Å². The van der Waals surface area contributed by atoms with Crippen molar-refractivity contribution in [3.63, 3.8) is 0 Å². The summed E-state index contributed by atoms with van der Waals surface area (Å²) >= 11 is 0. The summed E-state index contributed by atoms with van der Waals surface area (Å²) in [4.78, 5) is 26.0. The van der Waals surface area contributed by atoms with Gasteiger partial charge >= 0.3 is 6.03 Å². The Morgan fingerprint density at radius 2 is 2.43 bits per heavy atom. The van der Waals surface area contributed by atoms with Gasteiger partial charge in [0.25, 0.3) is 5.91 Å². The molecule has 0 spiro atoms. The van der Waals surface area contributed by atoms with E-state index in [1.807, 2.05) is 0 Å². The van der Waals surface area contributed by atoms with Crippen LogP contribution in [-0.2, 0) is 9.63 Å². The van der Waals surface area contributed by atoms with Gasteiger partial charge in [0, 0.05) is 6.54 Å². The first-order valence-electron chi connectivity index (χ1n) is 5.05. The molecule has 0 rings (SSSR count). The number of hydrogen-bond acceptors (Lipinski definition) is 5.